The van der Waals surface area contributed by atoms with E-state index in [9.17, 15) is 63.3 Å². The van der Waals surface area contributed by atoms with Crippen LogP contribution in [0.1, 0.15) is 167 Å². The van der Waals surface area contributed by atoms with Gasteiger partial charge in [0.2, 0.25) is 41.4 Å². The first kappa shape index (κ1) is 78.3. The monoisotopic (exact) mass is 1460 g/mol. The zero-order chi connectivity index (χ0) is 73.7. The SMILES string of the molecule is CN[C@@H](C)C(=O)N[C@H](C(=O)N1CCC[C@H]1C(=O)Nc1sc(C(=O)NCCCN(CCCNC(=O)c2nc(-c3ccccc3)c(NC(=O)[C@@H]3CCCN3C(=O)[C@@H](NC(=O)[C@H](C)NC)C3CCCCC3)s2)C(=O)CCCCCn2c(O)cc(CC(N)C(=O)O)c2O)nc1-c1ccccc1)C1CCCCC1. The number of nitrogens with one attached hydrogen (secondary N) is 8. The summed E-state index contributed by atoms with van der Waals surface area (Å²) in [6.45, 7) is 4.96. The molecule has 4 fully saturated rings. The number of hydrogen-bond acceptors (Lipinski definition) is 19. The number of unbranched alkanes of at least 4 members (excludes halogenated alkanes) is 2. The zero-order valence-corrected chi connectivity index (χ0v) is 61.0. The van der Waals surface area contributed by atoms with Gasteiger partial charge in [-0.25, -0.2) is 9.97 Å². The van der Waals surface area contributed by atoms with E-state index < -0.39 is 71.9 Å². The lowest BCUT2D eigenvalue weighted by molar-refractivity contribution is -0.142. The molecule has 2 saturated heterocycles. The minimum atomic E-state index is -1.28. The van der Waals surface area contributed by atoms with Crippen molar-refractivity contribution in [1.29, 1.82) is 0 Å². The van der Waals surface area contributed by atoms with Crippen molar-refractivity contribution in [3.8, 4) is 34.3 Å². The van der Waals surface area contributed by atoms with E-state index in [1.807, 2.05) is 60.7 Å². The van der Waals surface area contributed by atoms with Crippen LogP contribution in [0.4, 0.5) is 10.0 Å². The Balaban J connectivity index is 0.845. The predicted octanol–water partition coefficient (Wildman–Crippen LogP) is 6.33. The molecule has 0 bridgehead atoms. The van der Waals surface area contributed by atoms with Gasteiger partial charge >= 0.3 is 5.97 Å². The largest absolute Gasteiger partial charge is 0.494 e. The molecular weight excluding hydrogens is 1360 g/mol. The van der Waals surface area contributed by atoms with E-state index in [1.165, 1.54) is 10.6 Å². The van der Waals surface area contributed by atoms with Gasteiger partial charge in [-0.05, 0) is 117 Å². The van der Waals surface area contributed by atoms with Crippen LogP contribution in [-0.4, -0.2) is 199 Å². The number of anilines is 2. The maximum atomic E-state index is 14.5. The summed E-state index contributed by atoms with van der Waals surface area (Å²) in [6, 6.07) is 13.9. The maximum Gasteiger partial charge on any atom is 0.320 e. The third-order valence-electron chi connectivity index (χ3n) is 20.2. The number of benzene rings is 2. The first-order valence-electron chi connectivity index (χ1n) is 36.4. The van der Waals surface area contributed by atoms with E-state index >= 15 is 0 Å². The summed E-state index contributed by atoms with van der Waals surface area (Å²) < 4.78 is 1.26. The first-order valence-corrected chi connectivity index (χ1v) is 38.0. The fourth-order valence-corrected chi connectivity index (χ4v) is 15.9. The molecule has 2 saturated carbocycles. The third-order valence-corrected chi connectivity index (χ3v) is 22.1. The highest BCUT2D eigenvalue weighted by molar-refractivity contribution is 7.18. The van der Waals surface area contributed by atoms with Crippen LogP contribution < -0.4 is 48.3 Å². The van der Waals surface area contributed by atoms with Crippen LogP contribution in [0.3, 0.4) is 0 Å². The van der Waals surface area contributed by atoms with Gasteiger partial charge in [0.05, 0.1) is 12.1 Å². The molecule has 0 spiro atoms. The second-order valence-corrected chi connectivity index (χ2v) is 29.3. The van der Waals surface area contributed by atoms with E-state index in [2.05, 4.69) is 42.5 Å². The lowest BCUT2D eigenvalue weighted by Crippen LogP contribution is -2.57. The van der Waals surface area contributed by atoms with Crippen molar-refractivity contribution in [2.24, 2.45) is 17.6 Å². The smallest absolute Gasteiger partial charge is 0.320 e. The fourth-order valence-electron chi connectivity index (χ4n) is 14.1. The lowest BCUT2D eigenvalue weighted by Gasteiger charge is -2.35. The molecule has 0 radical (unpaired) electrons. The van der Waals surface area contributed by atoms with E-state index in [-0.39, 0.29) is 114 Å². The van der Waals surface area contributed by atoms with Gasteiger partial charge in [-0.15, -0.1) is 0 Å². The van der Waals surface area contributed by atoms with Gasteiger partial charge in [-0.1, -0.05) is 128 Å². The van der Waals surface area contributed by atoms with E-state index in [1.54, 1.807) is 42.6 Å². The van der Waals surface area contributed by atoms with Crippen LogP contribution in [0.15, 0.2) is 66.7 Å². The topological polar surface area (TPSA) is 394 Å². The number of carbonyl (C=O) groups is 10. The minimum absolute atomic E-state index is 0.0665. The number of rotatable bonds is 35. The molecular formula is C73H101N15O13S2. The summed E-state index contributed by atoms with van der Waals surface area (Å²) in [4.78, 5) is 152. The van der Waals surface area contributed by atoms with Gasteiger partial charge in [0.1, 0.15) is 51.6 Å². The molecule has 2 aromatic carbocycles. The van der Waals surface area contributed by atoms with E-state index in [4.69, 9.17) is 15.7 Å². The molecule has 2 aliphatic carbocycles. The van der Waals surface area contributed by atoms with Gasteiger partial charge < -0.3 is 78.3 Å². The van der Waals surface area contributed by atoms with Crippen LogP contribution in [0.5, 0.6) is 11.8 Å². The number of aromatic hydroxyl groups is 2. The number of aliphatic carboxylic acids is 1. The Labute approximate surface area is 608 Å². The van der Waals surface area contributed by atoms with Crippen molar-refractivity contribution in [1.82, 2.24) is 61.1 Å². The summed E-state index contributed by atoms with van der Waals surface area (Å²) in [5.41, 5.74) is 7.90. The zero-order valence-electron chi connectivity index (χ0n) is 59.3. The van der Waals surface area contributed by atoms with Crippen molar-refractivity contribution in [2.75, 3.05) is 64.0 Å². The molecule has 2 aliphatic heterocycles. The molecule has 13 N–H and O–H groups in total. The normalized spacial score (nSPS) is 17.9. The second-order valence-electron chi connectivity index (χ2n) is 27.3. The first-order chi connectivity index (χ1) is 49.6. The number of carbonyl (C=O) groups excluding carboxylic acids is 9. The number of carboxylic acid groups (broad SMARTS) is 1. The number of amides is 9. The Bertz CT molecular complexity index is 3550. The lowest BCUT2D eigenvalue weighted by atomic mass is 9.83. The van der Waals surface area contributed by atoms with Crippen LogP contribution >= 0.6 is 22.7 Å². The molecule has 5 heterocycles. The summed E-state index contributed by atoms with van der Waals surface area (Å²) in [6.07, 6.45) is 12.9. The molecule has 3 aromatic heterocycles. The number of thiazole rings is 2. The van der Waals surface area contributed by atoms with E-state index in [0.29, 0.717) is 103 Å². The molecule has 4 aliphatic rings. The number of nitrogens with zero attached hydrogens (tertiary/aromatic N) is 6. The molecule has 5 aromatic rings. The summed E-state index contributed by atoms with van der Waals surface area (Å²) >= 11 is 1.99. The molecule has 9 rings (SSSR count). The van der Waals surface area contributed by atoms with Crippen molar-refractivity contribution in [2.45, 2.75) is 198 Å². The van der Waals surface area contributed by atoms with Crippen LogP contribution in [0.2, 0.25) is 0 Å². The molecule has 558 valence electrons. The van der Waals surface area contributed by atoms with Crippen LogP contribution in [-0.2, 0) is 51.3 Å². The van der Waals surface area contributed by atoms with Gasteiger partial charge in [0.25, 0.3) is 11.8 Å². The number of likely N-dealkylation sites (tertiary alicyclic amines) is 2. The van der Waals surface area contributed by atoms with Crippen LogP contribution in [0, 0.1) is 11.8 Å². The number of nitrogens with two attached hydrogens (primary N) is 1. The number of aromatic nitrogens is 3. The number of likely N-dealkylation sites (N-methyl/N-ethyl adjacent to an activating group) is 2. The third kappa shape index (κ3) is 20.7. The average molecular weight is 1460 g/mol. The molecule has 103 heavy (non-hydrogen) atoms. The Morgan fingerprint density at radius 3 is 1.47 bits per heavy atom. The Morgan fingerprint density at radius 1 is 0.592 bits per heavy atom. The van der Waals surface area contributed by atoms with Crippen molar-refractivity contribution in [3.05, 3.63) is 82.3 Å². The highest BCUT2D eigenvalue weighted by atomic mass is 32.1. The molecule has 28 nitrogen and oxygen atoms in total. The highest BCUT2D eigenvalue weighted by Crippen LogP contribution is 2.38. The Kier molecular flexibility index (Phi) is 28.9. The number of carboxylic acids is 1. The van der Waals surface area contributed by atoms with Crippen molar-refractivity contribution in [3.63, 3.8) is 0 Å². The fraction of sp³-hybridized carbons (Fsp3) is 0.562. The molecule has 30 heteroatoms. The second kappa shape index (κ2) is 38.1. The maximum absolute atomic E-state index is 14.5. The summed E-state index contributed by atoms with van der Waals surface area (Å²) in [7, 11) is 3.36. The van der Waals surface area contributed by atoms with Gasteiger partial charge in [0.15, 0.2) is 21.8 Å². The molecule has 7 atom stereocenters. The average Bonchev–Trinajstić information content (AvgIpc) is 1.71. The highest BCUT2D eigenvalue weighted by Gasteiger charge is 2.44. The van der Waals surface area contributed by atoms with Crippen molar-refractivity contribution < 1.29 is 63.3 Å². The van der Waals surface area contributed by atoms with Gasteiger partial charge in [-0.3, -0.25) is 52.5 Å². The quantitative estimate of drug-likeness (QED) is 0.0197. The summed E-state index contributed by atoms with van der Waals surface area (Å²) in [5.74, 6) is -5.20. The molecule has 9 amide bonds. The molecule has 1 unspecified atom stereocenters. The Hall–Kier alpha value is -8.84. The summed E-state index contributed by atoms with van der Waals surface area (Å²) in [5, 5.41) is 55.3. The Morgan fingerprint density at radius 2 is 1.04 bits per heavy atom. The van der Waals surface area contributed by atoms with Gasteiger partial charge in [-0.2, -0.15) is 0 Å². The minimum Gasteiger partial charge on any atom is -0.494 e. The van der Waals surface area contributed by atoms with E-state index in [0.717, 1.165) is 86.9 Å². The van der Waals surface area contributed by atoms with Crippen molar-refractivity contribution >= 4 is 91.8 Å². The van der Waals surface area contributed by atoms with Gasteiger partial charge in [0, 0.05) is 81.4 Å². The van der Waals surface area contributed by atoms with Crippen LogP contribution in [0.25, 0.3) is 22.5 Å². The number of hydrogen-bond donors (Lipinski definition) is 12. The predicted molar refractivity (Wildman–Crippen MR) is 392 cm³/mol. The standard InChI is InChI=1S/C73H101N15O13S2/c1-44(75-3)60(91)79-58(48-28-14-7-15-29-48)71(98)86-40-20-32-52(86)62(93)83-66-56(46-24-10-5-11-25-46)81-68(102-66)64(95)77-35-22-37-85(54(89)34-18-9-19-39-88-55(90)43-50(70(88)97)42-51(74)73(100)101)38-23-36-78-65(96)69-82-57(47-26-12-6-13-27-47)67(103-69)84-63(94)53-33-21-41-87(53)72(99)59(49-30-16-8-17-31-49)80-61(92)45(2)76-4/h5-6,10-13,24-27,43-45,48-49,51-53,58-59,75-76,90,97H,7-9,14-23,28-42,74H2,1-4H3,(H,77,95)(H,78,96)(H,79,91)(H,80,92)(H,83,93)(H,84,94)(H,100,101)/t44-,45-,51?,52-,53-,58-,59-/m0/s1.